The average molecular weight is 274 g/mol. The third kappa shape index (κ3) is 1.99. The number of carbonyl (C=O) groups is 1. The molecule has 4 bridgehead atoms. The molecule has 4 aliphatic carbocycles. The molecule has 5 rings (SSSR count). The van der Waals surface area contributed by atoms with Gasteiger partial charge in [0.05, 0.1) is 0 Å². The summed E-state index contributed by atoms with van der Waals surface area (Å²) in [6.45, 7) is 2.08. The zero-order valence-corrected chi connectivity index (χ0v) is 12.5. The van der Waals surface area contributed by atoms with Crippen LogP contribution in [0.5, 0.6) is 0 Å². The fraction of sp³-hybridized carbons (Fsp3) is 0.706. The molecule has 19 heavy (non-hydrogen) atoms. The zero-order valence-electron chi connectivity index (χ0n) is 11.7. The van der Waals surface area contributed by atoms with Crippen LogP contribution in [0.1, 0.15) is 60.2 Å². The van der Waals surface area contributed by atoms with Gasteiger partial charge in [0.2, 0.25) is 0 Å². The molecule has 1 nitrogen and oxygen atoms in total. The Bertz CT molecular complexity index is 478. The Morgan fingerprint density at radius 1 is 1.21 bits per heavy atom. The fourth-order valence-corrected chi connectivity index (χ4v) is 6.33. The molecule has 102 valence electrons. The second-order valence-corrected chi connectivity index (χ2v) is 8.53. The Kier molecular flexibility index (Phi) is 2.67. The van der Waals surface area contributed by atoms with Gasteiger partial charge in [-0.2, -0.15) is 0 Å². The molecule has 0 atom stereocenters. The maximum absolute atomic E-state index is 12.6. The van der Waals surface area contributed by atoms with E-state index in [9.17, 15) is 4.79 Å². The number of aryl methyl sites for hydroxylation is 1. The number of thiophene rings is 1. The zero-order chi connectivity index (χ0) is 13.0. The standard InChI is InChI=1S/C17H22OS/c1-11-15(2-3-19-11)16(18)10-17-7-12-4-13(8-17)6-14(5-12)9-17/h2-3,12-14H,4-10H2,1H3. The van der Waals surface area contributed by atoms with Crippen LogP contribution in [-0.2, 0) is 0 Å². The van der Waals surface area contributed by atoms with Gasteiger partial charge in [-0.05, 0) is 80.1 Å². The van der Waals surface area contributed by atoms with E-state index in [0.717, 1.165) is 29.7 Å². The second kappa shape index (κ2) is 4.18. The average Bonchev–Trinajstić information content (AvgIpc) is 2.72. The lowest BCUT2D eigenvalue weighted by molar-refractivity contribution is -0.0524. The molecule has 1 aromatic heterocycles. The first-order valence-electron chi connectivity index (χ1n) is 7.71. The van der Waals surface area contributed by atoms with Crippen molar-refractivity contribution in [3.05, 3.63) is 21.9 Å². The summed E-state index contributed by atoms with van der Waals surface area (Å²) in [5, 5.41) is 2.06. The predicted octanol–water partition coefficient (Wildman–Crippen LogP) is 4.85. The van der Waals surface area contributed by atoms with E-state index in [1.165, 1.54) is 43.4 Å². The molecule has 0 spiro atoms. The largest absolute Gasteiger partial charge is 0.294 e. The smallest absolute Gasteiger partial charge is 0.164 e. The topological polar surface area (TPSA) is 17.1 Å². The van der Waals surface area contributed by atoms with Crippen LogP contribution in [0, 0.1) is 30.1 Å². The van der Waals surface area contributed by atoms with Crippen LogP contribution in [0.4, 0.5) is 0 Å². The highest BCUT2D eigenvalue weighted by molar-refractivity contribution is 7.10. The fourth-order valence-electron chi connectivity index (χ4n) is 5.62. The summed E-state index contributed by atoms with van der Waals surface area (Å²) in [6, 6.07) is 2.03. The molecule has 4 aliphatic rings. The minimum absolute atomic E-state index is 0.389. The molecule has 4 saturated carbocycles. The maximum atomic E-state index is 12.6. The van der Waals surface area contributed by atoms with Crippen LogP contribution in [-0.4, -0.2) is 5.78 Å². The summed E-state index contributed by atoms with van der Waals surface area (Å²) in [7, 11) is 0. The second-order valence-electron chi connectivity index (χ2n) is 7.41. The molecule has 0 N–H and O–H groups in total. The number of carbonyl (C=O) groups excluding carboxylic acids is 1. The van der Waals surface area contributed by atoms with Crippen molar-refractivity contribution in [1.82, 2.24) is 0 Å². The Balaban J connectivity index is 1.56. The number of hydrogen-bond acceptors (Lipinski definition) is 2. The minimum atomic E-state index is 0.389. The molecule has 1 heterocycles. The lowest BCUT2D eigenvalue weighted by Crippen LogP contribution is -2.46. The Morgan fingerprint density at radius 3 is 2.26 bits per heavy atom. The van der Waals surface area contributed by atoms with Gasteiger partial charge in [0.1, 0.15) is 0 Å². The van der Waals surface area contributed by atoms with Crippen LogP contribution in [0.15, 0.2) is 11.4 Å². The molecular formula is C17H22OS. The van der Waals surface area contributed by atoms with Gasteiger partial charge in [0.15, 0.2) is 5.78 Å². The molecular weight excluding hydrogens is 252 g/mol. The predicted molar refractivity (Wildman–Crippen MR) is 78.6 cm³/mol. The number of rotatable bonds is 3. The SMILES string of the molecule is Cc1sccc1C(=O)CC12CC3CC(CC(C3)C1)C2. The van der Waals surface area contributed by atoms with Gasteiger partial charge in [-0.15, -0.1) is 11.3 Å². The van der Waals surface area contributed by atoms with Crippen molar-refractivity contribution in [3.63, 3.8) is 0 Å². The van der Waals surface area contributed by atoms with Gasteiger partial charge in [-0.25, -0.2) is 0 Å². The summed E-state index contributed by atoms with van der Waals surface area (Å²) in [5.41, 5.74) is 1.39. The van der Waals surface area contributed by atoms with Gasteiger partial charge >= 0.3 is 0 Å². The molecule has 4 fully saturated rings. The van der Waals surface area contributed by atoms with Crippen molar-refractivity contribution in [3.8, 4) is 0 Å². The van der Waals surface area contributed by atoms with Crippen LogP contribution in [0.2, 0.25) is 0 Å². The van der Waals surface area contributed by atoms with Gasteiger partial charge in [-0.3, -0.25) is 4.79 Å². The summed E-state index contributed by atoms with van der Waals surface area (Å²) in [6.07, 6.45) is 9.24. The van der Waals surface area contributed by atoms with Crippen molar-refractivity contribution in [2.24, 2.45) is 23.2 Å². The van der Waals surface area contributed by atoms with Crippen LogP contribution in [0.3, 0.4) is 0 Å². The third-order valence-electron chi connectivity index (χ3n) is 5.86. The first kappa shape index (κ1) is 12.1. The highest BCUT2D eigenvalue weighted by Gasteiger charge is 2.51. The van der Waals surface area contributed by atoms with Crippen molar-refractivity contribution in [1.29, 1.82) is 0 Å². The number of Topliss-reactive ketones (excluding diaryl/α,β-unsaturated/α-hetero) is 1. The van der Waals surface area contributed by atoms with E-state index >= 15 is 0 Å². The van der Waals surface area contributed by atoms with E-state index < -0.39 is 0 Å². The van der Waals surface area contributed by atoms with Crippen LogP contribution >= 0.6 is 11.3 Å². The molecule has 0 aromatic carbocycles. The molecule has 0 unspecified atom stereocenters. The number of ketones is 1. The van der Waals surface area contributed by atoms with Crippen LogP contribution < -0.4 is 0 Å². The normalized spacial score (nSPS) is 39.7. The number of hydrogen-bond donors (Lipinski definition) is 0. The van der Waals surface area contributed by atoms with Gasteiger partial charge in [0, 0.05) is 16.9 Å². The van der Waals surface area contributed by atoms with E-state index in [0.29, 0.717) is 11.2 Å². The monoisotopic (exact) mass is 274 g/mol. The van der Waals surface area contributed by atoms with E-state index in [4.69, 9.17) is 0 Å². The van der Waals surface area contributed by atoms with Crippen LogP contribution in [0.25, 0.3) is 0 Å². The minimum Gasteiger partial charge on any atom is -0.294 e. The third-order valence-corrected chi connectivity index (χ3v) is 6.71. The maximum Gasteiger partial charge on any atom is 0.164 e. The van der Waals surface area contributed by atoms with Crippen molar-refractivity contribution in [2.45, 2.75) is 51.9 Å². The van der Waals surface area contributed by atoms with E-state index in [1.807, 2.05) is 6.07 Å². The van der Waals surface area contributed by atoms with Gasteiger partial charge in [-0.1, -0.05) is 0 Å². The lowest BCUT2D eigenvalue weighted by atomic mass is 9.48. The molecule has 0 amide bonds. The quantitative estimate of drug-likeness (QED) is 0.720. The van der Waals surface area contributed by atoms with Crippen molar-refractivity contribution >= 4 is 17.1 Å². The Morgan fingerprint density at radius 2 is 1.79 bits per heavy atom. The molecule has 0 radical (unpaired) electrons. The Labute approximate surface area is 119 Å². The summed E-state index contributed by atoms with van der Waals surface area (Å²) < 4.78 is 0. The molecule has 2 heteroatoms. The van der Waals surface area contributed by atoms with Gasteiger partial charge in [0.25, 0.3) is 0 Å². The molecule has 0 aliphatic heterocycles. The van der Waals surface area contributed by atoms with Crippen molar-refractivity contribution in [2.75, 3.05) is 0 Å². The van der Waals surface area contributed by atoms with Gasteiger partial charge < -0.3 is 0 Å². The summed E-state index contributed by atoms with van der Waals surface area (Å²) in [4.78, 5) is 13.8. The Hall–Kier alpha value is -0.630. The summed E-state index contributed by atoms with van der Waals surface area (Å²) >= 11 is 1.70. The van der Waals surface area contributed by atoms with E-state index in [2.05, 4.69) is 12.3 Å². The van der Waals surface area contributed by atoms with E-state index in [1.54, 1.807) is 11.3 Å². The first-order chi connectivity index (χ1) is 9.13. The first-order valence-corrected chi connectivity index (χ1v) is 8.59. The highest BCUT2D eigenvalue weighted by atomic mass is 32.1. The molecule has 0 saturated heterocycles. The highest BCUT2D eigenvalue weighted by Crippen LogP contribution is 2.61. The van der Waals surface area contributed by atoms with Crippen molar-refractivity contribution < 1.29 is 4.79 Å². The summed E-state index contributed by atoms with van der Waals surface area (Å²) in [5.74, 6) is 3.26. The molecule has 1 aromatic rings. The van der Waals surface area contributed by atoms with E-state index in [-0.39, 0.29) is 0 Å². The lowest BCUT2D eigenvalue weighted by Gasteiger charge is -2.56.